The van der Waals surface area contributed by atoms with Crippen molar-refractivity contribution in [2.24, 2.45) is 5.92 Å². The number of imide groups is 1. The first-order chi connectivity index (χ1) is 16.0. The normalized spacial score (nSPS) is 21.4. The first-order valence-corrected chi connectivity index (χ1v) is 11.6. The fraction of sp³-hybridized carbons (Fsp3) is 0.423. The highest BCUT2D eigenvalue weighted by Gasteiger charge is 2.44. The molecule has 0 saturated carbocycles. The topological polar surface area (TPSA) is 76.2 Å². The minimum Gasteiger partial charge on any atom is -0.447 e. The van der Waals surface area contributed by atoms with Crippen LogP contribution in [0.5, 0.6) is 0 Å². The maximum absolute atomic E-state index is 13.4. The van der Waals surface area contributed by atoms with Gasteiger partial charge in [0, 0.05) is 12.6 Å². The Kier molecular flexibility index (Phi) is 7.27. The second-order valence-electron chi connectivity index (χ2n) is 8.71. The van der Waals surface area contributed by atoms with Crippen molar-refractivity contribution in [3.63, 3.8) is 0 Å². The highest BCUT2D eigenvalue weighted by atomic mass is 16.6. The Hall–Kier alpha value is -3.35. The van der Waals surface area contributed by atoms with E-state index in [0.717, 1.165) is 24.0 Å². The summed E-state index contributed by atoms with van der Waals surface area (Å²) in [7, 11) is 0. The fourth-order valence-corrected chi connectivity index (χ4v) is 4.66. The maximum Gasteiger partial charge on any atom is 0.416 e. The molecule has 0 radical (unpaired) electrons. The van der Waals surface area contributed by atoms with Gasteiger partial charge in [0.25, 0.3) is 0 Å². The van der Waals surface area contributed by atoms with Gasteiger partial charge in [0.1, 0.15) is 13.2 Å². The lowest BCUT2D eigenvalue weighted by Crippen LogP contribution is -2.53. The summed E-state index contributed by atoms with van der Waals surface area (Å²) in [4.78, 5) is 41.7. The quantitative estimate of drug-likeness (QED) is 0.652. The van der Waals surface area contributed by atoms with Crippen LogP contribution in [0.4, 0.5) is 9.59 Å². The molecule has 33 heavy (non-hydrogen) atoms. The van der Waals surface area contributed by atoms with Gasteiger partial charge in [-0.15, -0.1) is 0 Å². The second-order valence-corrected chi connectivity index (χ2v) is 8.71. The molecule has 2 aromatic rings. The summed E-state index contributed by atoms with van der Waals surface area (Å²) in [6, 6.07) is 18.6. The lowest BCUT2D eigenvalue weighted by Gasteiger charge is -2.38. The number of cyclic esters (lactones) is 1. The van der Waals surface area contributed by atoms with Crippen LogP contribution in [-0.2, 0) is 27.3 Å². The van der Waals surface area contributed by atoms with Crippen LogP contribution >= 0.6 is 0 Å². The molecule has 3 atom stereocenters. The number of carbonyl (C=O) groups excluding carboxylic acids is 3. The summed E-state index contributed by atoms with van der Waals surface area (Å²) in [5, 5.41) is 0. The van der Waals surface area contributed by atoms with Gasteiger partial charge in [-0.2, -0.15) is 0 Å². The maximum atomic E-state index is 13.4. The molecule has 3 amide bonds. The van der Waals surface area contributed by atoms with Crippen molar-refractivity contribution >= 4 is 18.1 Å². The third kappa shape index (κ3) is 5.35. The molecular weight excluding hydrogens is 420 g/mol. The van der Waals surface area contributed by atoms with Crippen LogP contribution < -0.4 is 0 Å². The van der Waals surface area contributed by atoms with E-state index in [0.29, 0.717) is 19.4 Å². The number of benzene rings is 2. The smallest absolute Gasteiger partial charge is 0.416 e. The number of ether oxygens (including phenoxy) is 2. The molecule has 7 nitrogen and oxygen atoms in total. The predicted molar refractivity (Wildman–Crippen MR) is 122 cm³/mol. The SMILES string of the molecule is C[C@H](C(=O)N1C(=O)OC[C@H]1Cc1ccccc1)[C@H]1CCCCN1C(=O)OCc1ccccc1. The Bertz CT molecular complexity index is 965. The van der Waals surface area contributed by atoms with Crippen LogP contribution in [-0.4, -0.2) is 53.1 Å². The monoisotopic (exact) mass is 450 g/mol. The van der Waals surface area contributed by atoms with E-state index in [2.05, 4.69) is 0 Å². The van der Waals surface area contributed by atoms with Crippen LogP contribution in [0.15, 0.2) is 60.7 Å². The lowest BCUT2D eigenvalue weighted by atomic mass is 9.90. The van der Waals surface area contributed by atoms with E-state index in [4.69, 9.17) is 9.47 Å². The van der Waals surface area contributed by atoms with Crippen LogP contribution in [0, 0.1) is 5.92 Å². The average molecular weight is 451 g/mol. The molecule has 4 rings (SSSR count). The standard InChI is InChI=1S/C26H30N2O5/c1-19(24(29)28-22(18-33-26(28)31)16-20-10-4-2-5-11-20)23-14-8-9-15-27(23)25(30)32-17-21-12-6-3-7-13-21/h2-7,10-13,19,22-23H,8-9,14-18H2,1H3/t19-,22+,23+/m0/s1. The van der Waals surface area contributed by atoms with Crippen molar-refractivity contribution in [1.82, 2.24) is 9.80 Å². The van der Waals surface area contributed by atoms with Gasteiger partial charge < -0.3 is 14.4 Å². The number of hydrogen-bond acceptors (Lipinski definition) is 5. The molecule has 2 aliphatic rings. The third-order valence-electron chi connectivity index (χ3n) is 6.47. The van der Waals surface area contributed by atoms with Gasteiger partial charge in [-0.25, -0.2) is 14.5 Å². The Morgan fingerprint density at radius 1 is 1.03 bits per heavy atom. The van der Waals surface area contributed by atoms with Crippen molar-refractivity contribution in [2.45, 2.75) is 51.3 Å². The number of hydrogen-bond donors (Lipinski definition) is 0. The highest BCUT2D eigenvalue weighted by Crippen LogP contribution is 2.28. The van der Waals surface area contributed by atoms with Gasteiger partial charge in [-0.1, -0.05) is 67.6 Å². The number of carbonyl (C=O) groups is 3. The van der Waals surface area contributed by atoms with Crippen LogP contribution in [0.3, 0.4) is 0 Å². The van der Waals surface area contributed by atoms with Gasteiger partial charge in [-0.3, -0.25) is 4.79 Å². The average Bonchev–Trinajstić information content (AvgIpc) is 3.22. The molecule has 0 aliphatic carbocycles. The van der Waals surface area contributed by atoms with Gasteiger partial charge in [0.15, 0.2) is 0 Å². The summed E-state index contributed by atoms with van der Waals surface area (Å²) in [5.74, 6) is -0.843. The number of likely N-dealkylation sites (tertiary alicyclic amines) is 1. The number of amides is 3. The zero-order chi connectivity index (χ0) is 23.2. The summed E-state index contributed by atoms with van der Waals surface area (Å²) < 4.78 is 10.8. The summed E-state index contributed by atoms with van der Waals surface area (Å²) in [5.41, 5.74) is 1.95. The molecular formula is C26H30N2O5. The summed E-state index contributed by atoms with van der Waals surface area (Å²) in [6.07, 6.45) is 1.98. The molecule has 7 heteroatoms. The minimum absolute atomic E-state index is 0.180. The van der Waals surface area contributed by atoms with Crippen LogP contribution in [0.1, 0.15) is 37.3 Å². The number of nitrogens with zero attached hydrogens (tertiary/aromatic N) is 2. The van der Waals surface area contributed by atoms with E-state index in [1.54, 1.807) is 11.8 Å². The Labute approximate surface area is 194 Å². The van der Waals surface area contributed by atoms with Gasteiger partial charge in [0.2, 0.25) is 5.91 Å². The molecule has 0 unspecified atom stereocenters. The summed E-state index contributed by atoms with van der Waals surface area (Å²) in [6.45, 7) is 2.69. The molecule has 0 spiro atoms. The molecule has 2 aromatic carbocycles. The van der Waals surface area contributed by atoms with E-state index >= 15 is 0 Å². The van der Waals surface area contributed by atoms with Gasteiger partial charge in [0.05, 0.1) is 12.0 Å². The van der Waals surface area contributed by atoms with Gasteiger partial charge >= 0.3 is 12.2 Å². The van der Waals surface area contributed by atoms with E-state index in [-0.39, 0.29) is 31.2 Å². The zero-order valence-electron chi connectivity index (χ0n) is 18.9. The first-order valence-electron chi connectivity index (χ1n) is 11.6. The number of rotatable bonds is 6. The second kappa shape index (κ2) is 10.5. The van der Waals surface area contributed by atoms with Crippen molar-refractivity contribution < 1.29 is 23.9 Å². The largest absolute Gasteiger partial charge is 0.447 e. The summed E-state index contributed by atoms with van der Waals surface area (Å²) >= 11 is 0. The fourth-order valence-electron chi connectivity index (χ4n) is 4.66. The molecule has 174 valence electrons. The van der Waals surface area contributed by atoms with E-state index in [9.17, 15) is 14.4 Å². The van der Waals surface area contributed by atoms with Crippen LogP contribution in [0.2, 0.25) is 0 Å². The number of piperidine rings is 1. The predicted octanol–water partition coefficient (Wildman–Crippen LogP) is 4.40. The molecule has 0 aromatic heterocycles. The van der Waals surface area contributed by atoms with E-state index in [1.807, 2.05) is 60.7 Å². The van der Waals surface area contributed by atoms with Crippen molar-refractivity contribution in [2.75, 3.05) is 13.2 Å². The minimum atomic E-state index is -0.609. The Morgan fingerprint density at radius 2 is 1.70 bits per heavy atom. The molecule has 2 fully saturated rings. The third-order valence-corrected chi connectivity index (χ3v) is 6.47. The molecule has 0 N–H and O–H groups in total. The van der Waals surface area contributed by atoms with Crippen molar-refractivity contribution in [1.29, 1.82) is 0 Å². The molecule has 2 aliphatic heterocycles. The van der Waals surface area contributed by atoms with Gasteiger partial charge in [-0.05, 0) is 36.8 Å². The van der Waals surface area contributed by atoms with E-state index in [1.165, 1.54) is 4.90 Å². The molecule has 0 bridgehead atoms. The Balaban J connectivity index is 1.43. The zero-order valence-corrected chi connectivity index (χ0v) is 18.9. The van der Waals surface area contributed by atoms with Crippen molar-refractivity contribution in [3.8, 4) is 0 Å². The van der Waals surface area contributed by atoms with Crippen molar-refractivity contribution in [3.05, 3.63) is 71.8 Å². The highest BCUT2D eigenvalue weighted by molar-refractivity contribution is 5.95. The van der Waals surface area contributed by atoms with Crippen LogP contribution in [0.25, 0.3) is 0 Å². The Morgan fingerprint density at radius 3 is 2.39 bits per heavy atom. The first kappa shape index (κ1) is 22.8. The lowest BCUT2D eigenvalue weighted by molar-refractivity contribution is -0.135. The van der Waals surface area contributed by atoms with E-state index < -0.39 is 18.1 Å². The molecule has 2 saturated heterocycles. The molecule has 2 heterocycles.